The first kappa shape index (κ1) is 34.2. The van der Waals surface area contributed by atoms with Crippen LogP contribution in [-0.4, -0.2) is 35.4 Å². The lowest BCUT2D eigenvalue weighted by Crippen LogP contribution is -2.44. The lowest BCUT2D eigenvalue weighted by atomic mass is 9.73. The molecule has 0 fully saturated rings. The number of fused-ring (bicyclic) bond motifs is 3. The van der Waals surface area contributed by atoms with Crippen molar-refractivity contribution in [3.8, 4) is 22.3 Å². The molecule has 0 radical (unpaired) electrons. The molecule has 1 aliphatic rings. The molecule has 0 aliphatic heterocycles. The van der Waals surface area contributed by atoms with E-state index in [0.717, 1.165) is 34.4 Å². The molecule has 0 unspecified atom stereocenters. The number of nitrogens with zero attached hydrogens (tertiary/aromatic N) is 1. The highest BCUT2D eigenvalue weighted by Gasteiger charge is 2.48. The predicted octanol–water partition coefficient (Wildman–Crippen LogP) is 7.97. The summed E-state index contributed by atoms with van der Waals surface area (Å²) in [4.78, 5) is 40.2. The first-order valence-corrected chi connectivity index (χ1v) is 16.5. The number of halogens is 3. The average Bonchev–Trinajstić information content (AvgIpc) is 3.63. The van der Waals surface area contributed by atoms with Crippen molar-refractivity contribution in [3.05, 3.63) is 137 Å². The number of aryl methyl sites for hydroxylation is 1. The van der Waals surface area contributed by atoms with Gasteiger partial charge < -0.3 is 20.5 Å². The van der Waals surface area contributed by atoms with Gasteiger partial charge in [0.25, 0.3) is 11.8 Å². The molecule has 0 spiro atoms. The number of anilines is 1. The van der Waals surface area contributed by atoms with Gasteiger partial charge in [0.1, 0.15) is 11.1 Å². The zero-order chi connectivity index (χ0) is 35.5. The number of rotatable bonds is 11. The minimum absolute atomic E-state index is 0.0261. The van der Waals surface area contributed by atoms with Crippen LogP contribution in [0.5, 0.6) is 0 Å². The molecule has 5 aromatic rings. The van der Waals surface area contributed by atoms with Gasteiger partial charge in [0.05, 0.1) is 11.3 Å². The number of amides is 3. The number of carbonyl (C=O) groups is 3. The van der Waals surface area contributed by atoms with Crippen LogP contribution in [-0.2, 0) is 23.4 Å². The summed E-state index contributed by atoms with van der Waals surface area (Å²) in [5.74, 6) is -0.802. The van der Waals surface area contributed by atoms with Gasteiger partial charge in [-0.2, -0.15) is 13.2 Å². The number of carbonyl (C=O) groups excluding carboxylic acids is 3. The number of unbranched alkanes of at least 4 members (excludes halogenated alkanes) is 1. The summed E-state index contributed by atoms with van der Waals surface area (Å²) < 4.78 is 40.8. The van der Waals surface area contributed by atoms with Gasteiger partial charge in [0.15, 0.2) is 0 Å². The number of likely N-dealkylation sites (N-methyl/N-ethyl adjacent to an activating group) is 1. The topological polar surface area (TPSA) is 92.2 Å². The van der Waals surface area contributed by atoms with Gasteiger partial charge >= 0.3 is 6.18 Å². The zero-order valence-electron chi connectivity index (χ0n) is 27.7. The molecule has 0 atom stereocenters. The molecule has 0 bridgehead atoms. The van der Waals surface area contributed by atoms with Crippen molar-refractivity contribution >= 4 is 23.4 Å². The molecule has 1 aromatic heterocycles. The largest absolute Gasteiger partial charge is 0.416 e. The van der Waals surface area contributed by atoms with Crippen LogP contribution in [0.2, 0.25) is 0 Å². The summed E-state index contributed by atoms with van der Waals surface area (Å²) in [6.45, 7) is 2.82. The average molecular weight is 679 g/mol. The minimum Gasteiger partial charge on any atom is -0.355 e. The van der Waals surface area contributed by atoms with E-state index in [1.54, 1.807) is 48.1 Å². The van der Waals surface area contributed by atoms with Crippen LogP contribution in [0.25, 0.3) is 22.3 Å². The van der Waals surface area contributed by atoms with E-state index in [9.17, 15) is 27.6 Å². The molecule has 10 heteroatoms. The van der Waals surface area contributed by atoms with Crippen LogP contribution in [0.1, 0.15) is 63.7 Å². The summed E-state index contributed by atoms with van der Waals surface area (Å²) in [6.07, 6.45) is -0.925. The van der Waals surface area contributed by atoms with Crippen LogP contribution in [0.3, 0.4) is 0 Å². The van der Waals surface area contributed by atoms with Crippen molar-refractivity contribution < 1.29 is 27.6 Å². The Kier molecular flexibility index (Phi) is 9.63. The standard InChI is InChI=1S/C40H37F3N4O3/c1-3-44-38(50)39(33-16-8-6-13-30(33)31-14-7-9-17-34(31)39)22-10-11-23-45-37(49)35-24-28(25-47(35)2)46-36(48)32-15-5-4-12-29(32)26-18-20-27(21-19-26)40(41,42)43/h4-9,12-21,24-25H,3,10-11,22-23H2,1-2H3,(H,44,50)(H,45,49)(H,46,48). The van der Waals surface area contributed by atoms with Crippen molar-refractivity contribution in [1.82, 2.24) is 15.2 Å². The Labute approximate surface area is 288 Å². The lowest BCUT2D eigenvalue weighted by molar-refractivity contribution is -0.137. The molecule has 7 nitrogen and oxygen atoms in total. The van der Waals surface area contributed by atoms with Gasteiger partial charge in [0.2, 0.25) is 5.91 Å². The Morgan fingerprint density at radius 3 is 1.96 bits per heavy atom. The second-order valence-corrected chi connectivity index (χ2v) is 12.4. The highest BCUT2D eigenvalue weighted by Crippen LogP contribution is 2.51. The van der Waals surface area contributed by atoms with Gasteiger partial charge in [-0.05, 0) is 83.8 Å². The van der Waals surface area contributed by atoms with E-state index in [1.165, 1.54) is 12.1 Å². The van der Waals surface area contributed by atoms with Crippen molar-refractivity contribution in [2.24, 2.45) is 7.05 Å². The van der Waals surface area contributed by atoms with E-state index < -0.39 is 23.1 Å². The highest BCUT2D eigenvalue weighted by molar-refractivity contribution is 6.09. The molecule has 4 aromatic carbocycles. The fraction of sp³-hybridized carbons (Fsp3) is 0.225. The van der Waals surface area contributed by atoms with E-state index in [-0.39, 0.29) is 17.4 Å². The van der Waals surface area contributed by atoms with Crippen LogP contribution in [0, 0.1) is 0 Å². The van der Waals surface area contributed by atoms with E-state index >= 15 is 0 Å². The number of hydrogen-bond acceptors (Lipinski definition) is 3. The molecule has 256 valence electrons. The van der Waals surface area contributed by atoms with Crippen LogP contribution in [0.4, 0.5) is 18.9 Å². The zero-order valence-corrected chi connectivity index (χ0v) is 27.7. The van der Waals surface area contributed by atoms with Crippen LogP contribution in [0.15, 0.2) is 109 Å². The van der Waals surface area contributed by atoms with E-state index in [1.807, 2.05) is 43.3 Å². The smallest absolute Gasteiger partial charge is 0.355 e. The SMILES string of the molecule is CCNC(=O)C1(CCCCNC(=O)c2cc(NC(=O)c3ccccc3-c3ccc(C(F)(F)F)cc3)cn2C)c2ccccc2-c2ccccc21. The predicted molar refractivity (Wildman–Crippen MR) is 188 cm³/mol. The third-order valence-corrected chi connectivity index (χ3v) is 9.24. The normalized spacial score (nSPS) is 12.9. The van der Waals surface area contributed by atoms with Gasteiger partial charge in [-0.3, -0.25) is 14.4 Å². The Bertz CT molecular complexity index is 2000. The molecule has 6 rings (SSSR count). The monoisotopic (exact) mass is 678 g/mol. The van der Waals surface area contributed by atoms with E-state index in [2.05, 4.69) is 28.1 Å². The molecule has 1 heterocycles. The van der Waals surface area contributed by atoms with Crippen molar-refractivity contribution in [1.29, 1.82) is 0 Å². The number of alkyl halides is 3. The Morgan fingerprint density at radius 1 is 0.740 bits per heavy atom. The maximum Gasteiger partial charge on any atom is 0.416 e. The quantitative estimate of drug-likeness (QED) is 0.124. The number of aromatic nitrogens is 1. The fourth-order valence-electron chi connectivity index (χ4n) is 6.90. The molecular formula is C40H37F3N4O3. The summed E-state index contributed by atoms with van der Waals surface area (Å²) in [7, 11) is 1.70. The third-order valence-electron chi connectivity index (χ3n) is 9.24. The van der Waals surface area contributed by atoms with E-state index in [0.29, 0.717) is 54.9 Å². The summed E-state index contributed by atoms with van der Waals surface area (Å²) in [6, 6.07) is 29.0. The molecule has 3 amide bonds. The van der Waals surface area contributed by atoms with Gasteiger partial charge in [-0.15, -0.1) is 0 Å². The van der Waals surface area contributed by atoms with Crippen molar-refractivity contribution in [2.75, 3.05) is 18.4 Å². The third kappa shape index (κ3) is 6.53. The first-order chi connectivity index (χ1) is 24.0. The molecule has 0 saturated carbocycles. The van der Waals surface area contributed by atoms with Crippen molar-refractivity contribution in [3.63, 3.8) is 0 Å². The second kappa shape index (κ2) is 14.1. The second-order valence-electron chi connectivity index (χ2n) is 12.4. The number of hydrogen-bond donors (Lipinski definition) is 3. The van der Waals surface area contributed by atoms with Crippen LogP contribution < -0.4 is 16.0 Å². The summed E-state index contributed by atoms with van der Waals surface area (Å²) in [5, 5.41) is 8.84. The summed E-state index contributed by atoms with van der Waals surface area (Å²) in [5.41, 5.74) is 4.50. The Balaban J connectivity index is 1.09. The van der Waals surface area contributed by atoms with Gasteiger partial charge in [-0.1, -0.05) is 78.9 Å². The fourth-order valence-corrected chi connectivity index (χ4v) is 6.90. The van der Waals surface area contributed by atoms with Gasteiger partial charge in [0, 0.05) is 31.9 Å². The van der Waals surface area contributed by atoms with E-state index in [4.69, 9.17) is 0 Å². The highest BCUT2D eigenvalue weighted by atomic mass is 19.4. The molecular weight excluding hydrogens is 641 g/mol. The minimum atomic E-state index is -4.46. The Morgan fingerprint density at radius 2 is 1.34 bits per heavy atom. The summed E-state index contributed by atoms with van der Waals surface area (Å²) >= 11 is 0. The molecule has 1 aliphatic carbocycles. The van der Waals surface area contributed by atoms with Crippen molar-refractivity contribution in [2.45, 2.75) is 37.8 Å². The molecule has 0 saturated heterocycles. The Hall–Kier alpha value is -5.64. The maximum absolute atomic E-state index is 13.7. The number of nitrogens with one attached hydrogen (secondary N) is 3. The van der Waals surface area contributed by atoms with Crippen LogP contribution >= 0.6 is 0 Å². The van der Waals surface area contributed by atoms with Gasteiger partial charge in [-0.25, -0.2) is 0 Å². The first-order valence-electron chi connectivity index (χ1n) is 16.5. The molecule has 3 N–H and O–H groups in total. The maximum atomic E-state index is 13.7. The lowest BCUT2D eigenvalue weighted by Gasteiger charge is -2.31. The number of benzene rings is 4. The molecule has 50 heavy (non-hydrogen) atoms.